The molecule has 0 amide bonds. The summed E-state index contributed by atoms with van der Waals surface area (Å²) < 4.78 is 53.2. The van der Waals surface area contributed by atoms with E-state index in [0.29, 0.717) is 6.07 Å². The monoisotopic (exact) mass is 304 g/mol. The third kappa shape index (κ3) is 2.49. The van der Waals surface area contributed by atoms with Crippen LogP contribution in [0, 0.1) is 23.3 Å². The normalized spacial score (nSPS) is 10.6. The average Bonchev–Trinajstić information content (AvgIpc) is 2.13. The summed E-state index contributed by atoms with van der Waals surface area (Å²) in [5.74, 6) is -3.55. The van der Waals surface area contributed by atoms with Gasteiger partial charge < -0.3 is 0 Å². The third-order valence-corrected chi connectivity index (χ3v) is 2.62. The molecule has 17 heavy (non-hydrogen) atoms. The second kappa shape index (κ2) is 4.49. The Morgan fingerprint density at radius 3 is 1.65 bits per heavy atom. The maximum absolute atomic E-state index is 13.5. The van der Waals surface area contributed by atoms with Crippen molar-refractivity contribution in [2.24, 2.45) is 0 Å². The highest BCUT2D eigenvalue weighted by atomic mass is 79.9. The predicted molar refractivity (Wildman–Crippen MR) is 59.4 cm³/mol. The summed E-state index contributed by atoms with van der Waals surface area (Å²) in [6, 6.07) is 4.44. The molecule has 0 aliphatic rings. The van der Waals surface area contributed by atoms with E-state index in [2.05, 4.69) is 15.9 Å². The van der Waals surface area contributed by atoms with E-state index in [1.807, 2.05) is 0 Å². The van der Waals surface area contributed by atoms with E-state index in [0.717, 1.165) is 24.3 Å². The molecular weight excluding hydrogens is 300 g/mol. The summed E-state index contributed by atoms with van der Waals surface area (Å²) in [4.78, 5) is 0. The summed E-state index contributed by atoms with van der Waals surface area (Å²) >= 11 is 2.92. The van der Waals surface area contributed by atoms with Crippen LogP contribution in [0.5, 0.6) is 0 Å². The van der Waals surface area contributed by atoms with Crippen LogP contribution in [-0.2, 0) is 0 Å². The zero-order chi connectivity index (χ0) is 12.6. The van der Waals surface area contributed by atoms with Crippen molar-refractivity contribution in [3.63, 3.8) is 0 Å². The minimum absolute atomic E-state index is 0.176. The molecule has 0 heterocycles. The molecule has 2 aromatic rings. The third-order valence-electron chi connectivity index (χ3n) is 2.16. The molecular formula is C12H5BrF4. The van der Waals surface area contributed by atoms with Crippen LogP contribution in [-0.4, -0.2) is 0 Å². The van der Waals surface area contributed by atoms with Gasteiger partial charge in [0, 0.05) is 10.5 Å². The van der Waals surface area contributed by atoms with Gasteiger partial charge in [0.2, 0.25) is 0 Å². The quantitative estimate of drug-likeness (QED) is 0.672. The molecule has 0 radical (unpaired) electrons. The Hall–Kier alpha value is -1.36. The fraction of sp³-hybridized carbons (Fsp3) is 0. The van der Waals surface area contributed by atoms with Gasteiger partial charge in [-0.3, -0.25) is 0 Å². The standard InChI is InChI=1S/C12H5BrF4/c13-7-3-10(16)12(11(17)4-7)6-1-8(14)5-9(15)2-6/h1-5H. The summed E-state index contributed by atoms with van der Waals surface area (Å²) in [5, 5.41) is 0. The fourth-order valence-electron chi connectivity index (χ4n) is 1.52. The molecule has 0 spiro atoms. The lowest BCUT2D eigenvalue weighted by Gasteiger charge is -2.06. The highest BCUT2D eigenvalue weighted by Gasteiger charge is 2.14. The van der Waals surface area contributed by atoms with Crippen LogP contribution in [0.3, 0.4) is 0 Å². The van der Waals surface area contributed by atoms with Crippen LogP contribution >= 0.6 is 15.9 Å². The van der Waals surface area contributed by atoms with Crippen molar-refractivity contribution in [3.05, 3.63) is 58.1 Å². The first-order chi connectivity index (χ1) is 7.97. The Morgan fingerprint density at radius 2 is 1.18 bits per heavy atom. The van der Waals surface area contributed by atoms with Crippen molar-refractivity contribution in [1.29, 1.82) is 0 Å². The van der Waals surface area contributed by atoms with Crippen LogP contribution in [0.4, 0.5) is 17.6 Å². The number of hydrogen-bond donors (Lipinski definition) is 0. The first kappa shape index (κ1) is 12.1. The number of hydrogen-bond acceptors (Lipinski definition) is 0. The zero-order valence-electron chi connectivity index (χ0n) is 8.28. The summed E-state index contributed by atoms with van der Waals surface area (Å²) in [6.45, 7) is 0. The second-order valence-electron chi connectivity index (χ2n) is 3.40. The van der Waals surface area contributed by atoms with Gasteiger partial charge in [-0.05, 0) is 29.8 Å². The molecule has 0 bridgehead atoms. The van der Waals surface area contributed by atoms with E-state index in [1.54, 1.807) is 0 Å². The molecule has 0 N–H and O–H groups in total. The number of benzene rings is 2. The van der Waals surface area contributed by atoms with Gasteiger partial charge >= 0.3 is 0 Å². The Kier molecular flexibility index (Phi) is 3.19. The van der Waals surface area contributed by atoms with Crippen LogP contribution in [0.15, 0.2) is 34.8 Å². The molecule has 2 rings (SSSR count). The van der Waals surface area contributed by atoms with Gasteiger partial charge in [0.05, 0.1) is 5.56 Å². The molecule has 0 saturated heterocycles. The Morgan fingerprint density at radius 1 is 0.706 bits per heavy atom. The molecule has 0 unspecified atom stereocenters. The van der Waals surface area contributed by atoms with Crippen molar-refractivity contribution in [3.8, 4) is 11.1 Å². The predicted octanol–water partition coefficient (Wildman–Crippen LogP) is 4.67. The van der Waals surface area contributed by atoms with Gasteiger partial charge in [-0.25, -0.2) is 17.6 Å². The van der Waals surface area contributed by atoms with E-state index < -0.39 is 28.8 Å². The van der Waals surface area contributed by atoms with Gasteiger partial charge in [-0.15, -0.1) is 0 Å². The molecule has 2 aromatic carbocycles. The second-order valence-corrected chi connectivity index (χ2v) is 4.32. The molecule has 0 aliphatic heterocycles. The zero-order valence-corrected chi connectivity index (χ0v) is 9.86. The van der Waals surface area contributed by atoms with Gasteiger partial charge in [0.25, 0.3) is 0 Å². The Labute approximate surface area is 103 Å². The molecule has 0 aliphatic carbocycles. The van der Waals surface area contributed by atoms with Gasteiger partial charge in [-0.1, -0.05) is 15.9 Å². The van der Waals surface area contributed by atoms with E-state index in [4.69, 9.17) is 0 Å². The van der Waals surface area contributed by atoms with Crippen molar-refractivity contribution >= 4 is 15.9 Å². The van der Waals surface area contributed by atoms with Crippen molar-refractivity contribution in [2.45, 2.75) is 0 Å². The lowest BCUT2D eigenvalue weighted by molar-refractivity contribution is 0.577. The highest BCUT2D eigenvalue weighted by Crippen LogP contribution is 2.29. The largest absolute Gasteiger partial charge is 0.207 e. The van der Waals surface area contributed by atoms with E-state index in [9.17, 15) is 17.6 Å². The van der Waals surface area contributed by atoms with Crippen LogP contribution < -0.4 is 0 Å². The summed E-state index contributed by atoms with van der Waals surface area (Å²) in [6.07, 6.45) is 0. The topological polar surface area (TPSA) is 0 Å². The van der Waals surface area contributed by atoms with Crippen molar-refractivity contribution in [1.82, 2.24) is 0 Å². The SMILES string of the molecule is Fc1cc(F)cc(-c2c(F)cc(Br)cc2F)c1. The van der Waals surface area contributed by atoms with Crippen molar-refractivity contribution < 1.29 is 17.6 Å². The fourth-order valence-corrected chi connectivity index (χ4v) is 1.92. The van der Waals surface area contributed by atoms with Crippen molar-refractivity contribution in [2.75, 3.05) is 0 Å². The number of halogens is 5. The van der Waals surface area contributed by atoms with Gasteiger partial charge in [0.1, 0.15) is 23.3 Å². The molecule has 0 aromatic heterocycles. The Balaban J connectivity index is 2.68. The van der Waals surface area contributed by atoms with Gasteiger partial charge in [0.15, 0.2) is 0 Å². The Bertz CT molecular complexity index is 537. The lowest BCUT2D eigenvalue weighted by Crippen LogP contribution is -1.92. The molecule has 5 heteroatoms. The van der Waals surface area contributed by atoms with Gasteiger partial charge in [-0.2, -0.15) is 0 Å². The van der Waals surface area contributed by atoms with Crippen LogP contribution in [0.2, 0.25) is 0 Å². The van der Waals surface area contributed by atoms with E-state index >= 15 is 0 Å². The lowest BCUT2D eigenvalue weighted by atomic mass is 10.0. The minimum Gasteiger partial charge on any atom is -0.207 e. The van der Waals surface area contributed by atoms with E-state index in [1.165, 1.54) is 0 Å². The first-order valence-corrected chi connectivity index (χ1v) is 5.37. The van der Waals surface area contributed by atoms with Crippen LogP contribution in [0.1, 0.15) is 0 Å². The smallest absolute Gasteiger partial charge is 0.135 e. The molecule has 88 valence electrons. The first-order valence-electron chi connectivity index (χ1n) is 4.58. The summed E-state index contributed by atoms with van der Waals surface area (Å²) in [7, 11) is 0. The molecule has 0 nitrogen and oxygen atoms in total. The maximum Gasteiger partial charge on any atom is 0.135 e. The molecule has 0 fully saturated rings. The highest BCUT2D eigenvalue weighted by molar-refractivity contribution is 9.10. The molecule has 0 atom stereocenters. The van der Waals surface area contributed by atoms with Crippen LogP contribution in [0.25, 0.3) is 11.1 Å². The minimum atomic E-state index is -0.887. The number of rotatable bonds is 1. The maximum atomic E-state index is 13.5. The molecule has 0 saturated carbocycles. The summed E-state index contributed by atoms with van der Waals surface area (Å²) in [5.41, 5.74) is -0.628. The van der Waals surface area contributed by atoms with E-state index in [-0.39, 0.29) is 10.0 Å². The average molecular weight is 305 g/mol.